The quantitative estimate of drug-likeness (QED) is 0.204. The van der Waals surface area contributed by atoms with Crippen LogP contribution in [0.2, 0.25) is 0 Å². The number of thioether (sulfide) groups is 1. The van der Waals surface area contributed by atoms with Gasteiger partial charge in [0, 0.05) is 52.0 Å². The fourth-order valence-electron chi connectivity index (χ4n) is 6.47. The molecule has 0 spiro atoms. The maximum absolute atomic E-state index is 9.28. The summed E-state index contributed by atoms with van der Waals surface area (Å²) in [5, 5.41) is 18.8. The van der Waals surface area contributed by atoms with E-state index in [9.17, 15) is 10.5 Å². The molecule has 2 aliphatic rings. The lowest BCUT2D eigenvalue weighted by Gasteiger charge is -2.28. The number of pyridine rings is 2. The molecule has 2 unspecified atom stereocenters. The maximum atomic E-state index is 9.28. The molecule has 210 valence electrons. The van der Waals surface area contributed by atoms with Crippen LogP contribution in [0.3, 0.4) is 0 Å². The lowest BCUT2D eigenvalue weighted by molar-refractivity contribution is 0.840. The Bertz CT molecular complexity index is 2220. The van der Waals surface area contributed by atoms with Gasteiger partial charge in [0.25, 0.3) is 0 Å². The third-order valence-electron chi connectivity index (χ3n) is 8.67. The highest BCUT2D eigenvalue weighted by molar-refractivity contribution is 8.00. The van der Waals surface area contributed by atoms with E-state index in [0.717, 1.165) is 27.8 Å². The highest BCUT2D eigenvalue weighted by atomic mass is 32.2. The summed E-state index contributed by atoms with van der Waals surface area (Å²) < 4.78 is 0. The molecule has 2 atom stereocenters. The van der Waals surface area contributed by atoms with Crippen LogP contribution in [0, 0.1) is 22.7 Å². The van der Waals surface area contributed by atoms with Crippen molar-refractivity contribution in [3.63, 3.8) is 0 Å². The second-order valence-corrected chi connectivity index (χ2v) is 12.5. The zero-order valence-corrected chi connectivity index (χ0v) is 24.9. The van der Waals surface area contributed by atoms with Gasteiger partial charge in [-0.05, 0) is 68.3 Å². The number of hydrogen-bond donors (Lipinski definition) is 0. The van der Waals surface area contributed by atoms with Gasteiger partial charge in [0.05, 0.1) is 11.1 Å². The Morgan fingerprint density at radius 3 is 1.71 bits per heavy atom. The maximum Gasteiger partial charge on any atom is 0.101 e. The minimum Gasteiger partial charge on any atom is -0.263 e. The lowest BCUT2D eigenvalue weighted by Crippen LogP contribution is -2.17. The molecule has 45 heavy (non-hydrogen) atoms. The minimum atomic E-state index is 0.304. The Labute approximate surface area is 266 Å². The third-order valence-corrected chi connectivity index (χ3v) is 9.96. The largest absolute Gasteiger partial charge is 0.263 e. The first-order valence-corrected chi connectivity index (χ1v) is 15.6. The summed E-state index contributed by atoms with van der Waals surface area (Å²) in [5.74, 6) is 0.306. The molecule has 0 saturated heterocycles. The molecule has 4 nitrogen and oxygen atoms in total. The van der Waals surface area contributed by atoms with Crippen LogP contribution < -0.4 is 0 Å². The van der Waals surface area contributed by atoms with E-state index < -0.39 is 0 Å². The second-order valence-electron chi connectivity index (χ2n) is 11.3. The lowest BCUT2D eigenvalue weighted by atomic mass is 9.77. The fraction of sp³-hybridized carbons (Fsp3) is 0.0500. The molecule has 0 fully saturated rings. The molecule has 1 aliphatic carbocycles. The summed E-state index contributed by atoms with van der Waals surface area (Å²) >= 11 is 1.94. The number of nitriles is 2. The summed E-state index contributed by atoms with van der Waals surface area (Å²) in [6, 6.07) is 40.9. The van der Waals surface area contributed by atoms with Crippen molar-refractivity contribution < 1.29 is 0 Å². The third kappa shape index (κ3) is 4.81. The van der Waals surface area contributed by atoms with Crippen molar-refractivity contribution in [2.75, 3.05) is 0 Å². The van der Waals surface area contributed by atoms with Crippen LogP contribution >= 0.6 is 11.8 Å². The van der Waals surface area contributed by atoms with Crippen LogP contribution in [0.15, 0.2) is 139 Å². The van der Waals surface area contributed by atoms with Crippen molar-refractivity contribution >= 4 is 17.3 Å². The Morgan fingerprint density at radius 2 is 1.09 bits per heavy atom. The summed E-state index contributed by atoms with van der Waals surface area (Å²) in [5.41, 5.74) is 13.9. The Hall–Kier alpha value is -5.75. The van der Waals surface area contributed by atoms with Crippen LogP contribution in [0.25, 0.3) is 39.0 Å². The van der Waals surface area contributed by atoms with Crippen molar-refractivity contribution in [3.05, 3.63) is 167 Å². The molecule has 0 N–H and O–H groups in total. The van der Waals surface area contributed by atoms with Crippen molar-refractivity contribution in [2.24, 2.45) is 0 Å². The zero-order chi connectivity index (χ0) is 30.3. The first kappa shape index (κ1) is 26.8. The molecule has 6 aromatic rings. The van der Waals surface area contributed by atoms with Gasteiger partial charge < -0.3 is 0 Å². The normalized spacial score (nSPS) is 16.0. The van der Waals surface area contributed by atoms with Gasteiger partial charge in [0.1, 0.15) is 12.1 Å². The first-order valence-electron chi connectivity index (χ1n) is 14.7. The number of fused-ring (bicyclic) bond motifs is 5. The monoisotopic (exact) mass is 592 g/mol. The van der Waals surface area contributed by atoms with Gasteiger partial charge in [0.2, 0.25) is 0 Å². The van der Waals surface area contributed by atoms with Gasteiger partial charge >= 0.3 is 0 Å². The first-order chi connectivity index (χ1) is 22.2. The van der Waals surface area contributed by atoms with Gasteiger partial charge in [-0.1, -0.05) is 91.0 Å². The highest BCUT2D eigenvalue weighted by Gasteiger charge is 2.38. The van der Waals surface area contributed by atoms with E-state index in [1.807, 2.05) is 23.9 Å². The smallest absolute Gasteiger partial charge is 0.101 e. The van der Waals surface area contributed by atoms with E-state index in [2.05, 4.69) is 119 Å². The number of hydrogen-bond acceptors (Lipinski definition) is 5. The van der Waals surface area contributed by atoms with E-state index >= 15 is 0 Å². The molecule has 3 heterocycles. The molecule has 2 aromatic heterocycles. The van der Waals surface area contributed by atoms with Crippen molar-refractivity contribution in [2.45, 2.75) is 16.1 Å². The molecule has 0 bridgehead atoms. The Balaban J connectivity index is 1.10. The fourth-order valence-corrected chi connectivity index (χ4v) is 7.93. The van der Waals surface area contributed by atoms with Crippen LogP contribution in [0.4, 0.5) is 0 Å². The predicted octanol–water partition coefficient (Wildman–Crippen LogP) is 9.27. The standard InChI is InChI=1S/C40H24N4S/c41-19-25-15-32(23-43-21-25)28-7-5-27(6-8-28)31-13-14-36-38(17-31)45-39-18-37(34-3-1-2-4-35(34)40(36)39)30-11-9-29(10-12-30)33-16-26(20-42)22-44-24-33/h1-18,21-24,39-40H. The van der Waals surface area contributed by atoms with E-state index in [-0.39, 0.29) is 0 Å². The molecule has 1 aliphatic heterocycles. The topological polar surface area (TPSA) is 73.4 Å². The molecule has 8 rings (SSSR count). The Morgan fingerprint density at radius 1 is 0.533 bits per heavy atom. The van der Waals surface area contributed by atoms with Gasteiger partial charge in [-0.3, -0.25) is 9.97 Å². The second kappa shape index (κ2) is 11.1. The Kier molecular flexibility index (Phi) is 6.60. The van der Waals surface area contributed by atoms with Gasteiger partial charge in [-0.2, -0.15) is 10.5 Å². The number of rotatable bonds is 4. The van der Waals surface area contributed by atoms with Crippen LogP contribution in [-0.4, -0.2) is 15.2 Å². The molecule has 0 saturated carbocycles. The van der Waals surface area contributed by atoms with Crippen molar-refractivity contribution in [1.29, 1.82) is 10.5 Å². The van der Waals surface area contributed by atoms with Gasteiger partial charge in [-0.25, -0.2) is 0 Å². The van der Waals surface area contributed by atoms with E-state index in [4.69, 9.17) is 0 Å². The number of benzene rings is 4. The predicted molar refractivity (Wildman–Crippen MR) is 179 cm³/mol. The molecule has 0 radical (unpaired) electrons. The van der Waals surface area contributed by atoms with Crippen molar-refractivity contribution in [3.8, 4) is 45.5 Å². The molecular formula is C40H24N4S. The zero-order valence-electron chi connectivity index (χ0n) is 24.1. The van der Waals surface area contributed by atoms with Gasteiger partial charge in [-0.15, -0.1) is 11.8 Å². The summed E-state index contributed by atoms with van der Waals surface area (Å²) in [6.07, 6.45) is 9.22. The van der Waals surface area contributed by atoms with Gasteiger partial charge in [0.15, 0.2) is 0 Å². The number of aromatic nitrogens is 2. The summed E-state index contributed by atoms with van der Waals surface area (Å²) in [6.45, 7) is 0. The van der Waals surface area contributed by atoms with E-state index in [1.54, 1.807) is 24.8 Å². The summed E-state index contributed by atoms with van der Waals surface area (Å²) in [4.78, 5) is 9.76. The number of nitrogens with zero attached hydrogens (tertiary/aromatic N) is 4. The van der Waals surface area contributed by atoms with Crippen molar-refractivity contribution in [1.82, 2.24) is 9.97 Å². The average molecular weight is 593 g/mol. The highest BCUT2D eigenvalue weighted by Crippen LogP contribution is 2.55. The van der Waals surface area contributed by atoms with E-state index in [1.165, 1.54) is 38.3 Å². The molecule has 0 amide bonds. The molecular weight excluding hydrogens is 569 g/mol. The minimum absolute atomic E-state index is 0.304. The SMILES string of the molecule is N#Cc1cncc(-c2ccc(C3=CC4Sc5cc(-c6ccc(-c7cncc(C#N)c7)cc6)ccc5C4c4ccccc43)cc2)c1. The molecule has 4 aromatic carbocycles. The van der Waals surface area contributed by atoms with Crippen LogP contribution in [0.1, 0.15) is 39.3 Å². The molecule has 5 heteroatoms. The van der Waals surface area contributed by atoms with E-state index in [0.29, 0.717) is 22.3 Å². The summed E-state index contributed by atoms with van der Waals surface area (Å²) in [7, 11) is 0. The van der Waals surface area contributed by atoms with Crippen LogP contribution in [-0.2, 0) is 0 Å². The average Bonchev–Trinajstić information content (AvgIpc) is 3.49. The van der Waals surface area contributed by atoms with Crippen LogP contribution in [0.5, 0.6) is 0 Å².